The van der Waals surface area contributed by atoms with Crippen molar-refractivity contribution in [2.75, 3.05) is 40.7 Å². The van der Waals surface area contributed by atoms with Crippen LogP contribution in [-0.4, -0.2) is 72.6 Å². The second-order valence-corrected chi connectivity index (χ2v) is 9.23. The molecule has 3 N–H and O–H groups in total. The van der Waals surface area contributed by atoms with E-state index in [1.165, 1.54) is 24.1 Å². The van der Waals surface area contributed by atoms with Gasteiger partial charge in [-0.2, -0.15) is 0 Å². The zero-order valence-corrected chi connectivity index (χ0v) is 22.6. The lowest BCUT2D eigenvalue weighted by molar-refractivity contribution is -0.142. The fourth-order valence-corrected chi connectivity index (χ4v) is 4.44. The summed E-state index contributed by atoms with van der Waals surface area (Å²) in [5.74, 6) is 0.212. The van der Waals surface area contributed by atoms with E-state index < -0.39 is 18.0 Å². The third-order valence-electron chi connectivity index (χ3n) is 6.30. The van der Waals surface area contributed by atoms with Gasteiger partial charge in [0.25, 0.3) is 5.91 Å². The van der Waals surface area contributed by atoms with Gasteiger partial charge in [-0.25, -0.2) is 19.3 Å². The Kier molecular flexibility index (Phi) is 8.55. The molecule has 39 heavy (non-hydrogen) atoms. The van der Waals surface area contributed by atoms with E-state index in [4.69, 9.17) is 20.0 Å². The van der Waals surface area contributed by atoms with Gasteiger partial charge in [-0.15, -0.1) is 0 Å². The molecule has 2 aromatic heterocycles. The van der Waals surface area contributed by atoms with Crippen LogP contribution in [0.25, 0.3) is 11.3 Å². The number of aryl methyl sites for hydroxylation is 1. The van der Waals surface area contributed by atoms with Crippen LogP contribution in [-0.2, 0) is 20.8 Å². The molecular weight excluding hydrogens is 505 g/mol. The molecule has 3 aromatic rings. The number of carbonyl (C=O) groups is 1. The normalized spacial score (nSPS) is 16.3. The smallest absolute Gasteiger partial charge is 0.266 e. The van der Waals surface area contributed by atoms with Crippen molar-refractivity contribution in [1.29, 1.82) is 0 Å². The number of carbonyl (C=O) groups excluding carboxylic acids is 1. The van der Waals surface area contributed by atoms with E-state index in [-0.39, 0.29) is 11.9 Å². The fourth-order valence-electron chi connectivity index (χ4n) is 4.44. The highest BCUT2D eigenvalue weighted by molar-refractivity contribution is 6.02. The number of nitrogens with zero attached hydrogens (tertiary/aromatic N) is 5. The summed E-state index contributed by atoms with van der Waals surface area (Å²) in [6, 6.07) is 9.40. The number of anilines is 1. The quantitative estimate of drug-likeness (QED) is 0.395. The molecule has 0 fully saturated rings. The largest absolute Gasteiger partial charge is 0.481 e. The van der Waals surface area contributed by atoms with Crippen LogP contribution in [0.1, 0.15) is 35.0 Å². The molecule has 1 unspecified atom stereocenters. The molecule has 3 heterocycles. The molecule has 0 aliphatic carbocycles. The Labute approximate surface area is 226 Å². The lowest BCUT2D eigenvalue weighted by Gasteiger charge is -2.30. The predicted octanol–water partition coefficient (Wildman–Crippen LogP) is 2.64. The van der Waals surface area contributed by atoms with Crippen LogP contribution in [0.4, 0.5) is 10.3 Å². The second-order valence-electron chi connectivity index (χ2n) is 9.23. The zero-order valence-electron chi connectivity index (χ0n) is 22.6. The van der Waals surface area contributed by atoms with Crippen molar-refractivity contribution >= 4 is 17.7 Å². The van der Waals surface area contributed by atoms with Crippen LogP contribution >= 0.6 is 0 Å². The number of likely N-dealkylation sites (N-methyl/N-ethyl adjacent to an activating group) is 1. The van der Waals surface area contributed by atoms with Gasteiger partial charge < -0.3 is 30.3 Å². The van der Waals surface area contributed by atoms with Crippen molar-refractivity contribution in [3.63, 3.8) is 0 Å². The Hall–Kier alpha value is -4.32. The number of amides is 1. The number of pyridine rings is 1. The molecule has 1 aromatic carbocycles. The molecule has 1 aliphatic heterocycles. The highest BCUT2D eigenvalue weighted by Crippen LogP contribution is 2.34. The fraction of sp³-hybridized carbons (Fsp3) is 0.370. The molecule has 0 radical (unpaired) electrons. The summed E-state index contributed by atoms with van der Waals surface area (Å²) in [4.78, 5) is 33.2. The van der Waals surface area contributed by atoms with E-state index in [1.807, 2.05) is 0 Å². The van der Waals surface area contributed by atoms with Gasteiger partial charge in [-0.3, -0.25) is 4.79 Å². The third kappa shape index (κ3) is 6.23. The SMILES string of the molecule is COCCC(O/N=C1\N[C@@H](c2ccc(F)cc2-c2cccc(OC)n2)Cc2nc(N)nc(C)c21)C(=O)N(C)C. The highest BCUT2D eigenvalue weighted by Gasteiger charge is 2.31. The highest BCUT2D eigenvalue weighted by atomic mass is 19.1. The molecule has 4 rings (SSSR count). The van der Waals surface area contributed by atoms with Gasteiger partial charge in [0.15, 0.2) is 5.84 Å². The first-order chi connectivity index (χ1) is 18.7. The predicted molar refractivity (Wildman–Crippen MR) is 144 cm³/mol. The Bertz CT molecular complexity index is 1380. The second kappa shape index (κ2) is 12.0. The zero-order chi connectivity index (χ0) is 28.1. The molecule has 0 saturated carbocycles. The van der Waals surface area contributed by atoms with E-state index in [1.54, 1.807) is 52.4 Å². The first-order valence-electron chi connectivity index (χ1n) is 12.4. The molecule has 0 saturated heterocycles. The number of amidine groups is 1. The number of oxime groups is 1. The molecule has 206 valence electrons. The summed E-state index contributed by atoms with van der Waals surface area (Å²) in [6.45, 7) is 2.11. The van der Waals surface area contributed by atoms with Gasteiger partial charge in [-0.1, -0.05) is 17.3 Å². The van der Waals surface area contributed by atoms with E-state index in [0.717, 1.165) is 5.56 Å². The van der Waals surface area contributed by atoms with Crippen LogP contribution in [0.15, 0.2) is 41.6 Å². The summed E-state index contributed by atoms with van der Waals surface area (Å²) >= 11 is 0. The monoisotopic (exact) mass is 537 g/mol. The Balaban J connectivity index is 1.78. The minimum atomic E-state index is -0.865. The Morgan fingerprint density at radius 1 is 1.23 bits per heavy atom. The van der Waals surface area contributed by atoms with Crippen LogP contribution in [0.2, 0.25) is 0 Å². The average molecular weight is 538 g/mol. The van der Waals surface area contributed by atoms with Crippen LogP contribution in [0, 0.1) is 12.7 Å². The number of ether oxygens (including phenoxy) is 2. The summed E-state index contributed by atoms with van der Waals surface area (Å²) in [6.07, 6.45) is -0.147. The van der Waals surface area contributed by atoms with E-state index in [0.29, 0.717) is 59.4 Å². The summed E-state index contributed by atoms with van der Waals surface area (Å²) in [5, 5.41) is 7.76. The van der Waals surface area contributed by atoms with Gasteiger partial charge in [0.2, 0.25) is 17.9 Å². The molecule has 1 aliphatic rings. The summed E-state index contributed by atoms with van der Waals surface area (Å²) in [7, 11) is 6.36. The number of nitrogens with two attached hydrogens (primary N) is 1. The molecule has 11 nitrogen and oxygen atoms in total. The molecule has 2 atom stereocenters. The number of nitrogen functional groups attached to an aromatic ring is 1. The van der Waals surface area contributed by atoms with Crippen molar-refractivity contribution in [3.8, 4) is 17.1 Å². The number of nitrogens with one attached hydrogen (secondary N) is 1. The molecule has 12 heteroatoms. The number of rotatable bonds is 9. The Morgan fingerprint density at radius 2 is 2.03 bits per heavy atom. The minimum absolute atomic E-state index is 0.127. The topological polar surface area (TPSA) is 137 Å². The molecule has 0 bridgehead atoms. The molecular formula is C27H32FN7O4. The van der Waals surface area contributed by atoms with Crippen molar-refractivity contribution in [1.82, 2.24) is 25.2 Å². The van der Waals surface area contributed by atoms with Gasteiger partial charge in [0, 0.05) is 45.7 Å². The van der Waals surface area contributed by atoms with Crippen LogP contribution in [0.3, 0.4) is 0 Å². The van der Waals surface area contributed by atoms with Crippen molar-refractivity contribution < 1.29 is 23.5 Å². The van der Waals surface area contributed by atoms with Crippen LogP contribution < -0.4 is 15.8 Å². The van der Waals surface area contributed by atoms with Gasteiger partial charge >= 0.3 is 0 Å². The number of hydrogen-bond donors (Lipinski definition) is 2. The Morgan fingerprint density at radius 3 is 2.74 bits per heavy atom. The summed E-state index contributed by atoms with van der Waals surface area (Å²) < 4.78 is 24.9. The van der Waals surface area contributed by atoms with Crippen LogP contribution in [0.5, 0.6) is 5.88 Å². The third-order valence-corrected chi connectivity index (χ3v) is 6.30. The standard InChI is InChI=1S/C27H32FN7O4/c1-15-24-21(33-27(29)30-15)14-20(32-25(24)34-39-22(11-12-37-4)26(36)35(2)3)17-10-9-16(28)13-18(17)19-7-6-8-23(31-19)38-5/h6-10,13,20,22H,11-12,14H2,1-5H3,(H,32,34)(H2,29,30,33)/t20-,22?/m1/s1. The first-order valence-corrected chi connectivity index (χ1v) is 12.4. The average Bonchev–Trinajstić information content (AvgIpc) is 2.92. The number of fused-ring (bicyclic) bond motifs is 1. The lowest BCUT2D eigenvalue weighted by atomic mass is 9.90. The van der Waals surface area contributed by atoms with Gasteiger partial charge in [-0.05, 0) is 30.7 Å². The molecule has 0 spiro atoms. The van der Waals surface area contributed by atoms with E-state index in [2.05, 4.69) is 25.4 Å². The summed E-state index contributed by atoms with van der Waals surface area (Å²) in [5.41, 5.74) is 9.74. The van der Waals surface area contributed by atoms with E-state index in [9.17, 15) is 9.18 Å². The number of benzene rings is 1. The first kappa shape index (κ1) is 27.7. The maximum atomic E-state index is 14.4. The van der Waals surface area contributed by atoms with Gasteiger partial charge in [0.05, 0.1) is 42.4 Å². The number of methoxy groups -OCH3 is 2. The van der Waals surface area contributed by atoms with Crippen molar-refractivity contribution in [3.05, 3.63) is 64.7 Å². The maximum absolute atomic E-state index is 14.4. The number of halogens is 1. The van der Waals surface area contributed by atoms with Crippen molar-refractivity contribution in [2.24, 2.45) is 5.16 Å². The number of aromatic nitrogens is 3. The number of hydrogen-bond acceptors (Lipinski definition) is 9. The van der Waals surface area contributed by atoms with Crippen molar-refractivity contribution in [2.45, 2.75) is 31.9 Å². The van der Waals surface area contributed by atoms with E-state index >= 15 is 0 Å². The molecule has 1 amide bonds. The lowest BCUT2D eigenvalue weighted by Crippen LogP contribution is -2.40. The van der Waals surface area contributed by atoms with Gasteiger partial charge in [0.1, 0.15) is 5.82 Å². The minimum Gasteiger partial charge on any atom is -0.481 e. The maximum Gasteiger partial charge on any atom is 0.266 e.